The van der Waals surface area contributed by atoms with Gasteiger partial charge >= 0.3 is 6.03 Å². The highest BCUT2D eigenvalue weighted by atomic mass is 32.2. The molecule has 140 valence electrons. The quantitative estimate of drug-likeness (QED) is 0.675. The monoisotopic (exact) mass is 371 g/mol. The molecule has 3 rings (SSSR count). The maximum atomic E-state index is 12.8. The van der Waals surface area contributed by atoms with Gasteiger partial charge in [0.1, 0.15) is 12.1 Å². The van der Waals surface area contributed by atoms with Crippen LogP contribution in [-0.4, -0.2) is 71.7 Å². The minimum atomic E-state index is -3.11. The molecule has 25 heavy (non-hydrogen) atoms. The highest BCUT2D eigenvalue weighted by molar-refractivity contribution is 7.91. The SMILES string of the molecule is CCC1(CC)NC(=O)N(CC(=O)N(C2CC2)[C@H]2CCS(=O)(=O)C2)C1=O. The minimum Gasteiger partial charge on any atom is -0.334 e. The van der Waals surface area contributed by atoms with Gasteiger partial charge in [-0.1, -0.05) is 13.8 Å². The molecule has 1 atom stereocenters. The molecule has 1 saturated carbocycles. The van der Waals surface area contributed by atoms with Crippen molar-refractivity contribution in [2.75, 3.05) is 18.1 Å². The first kappa shape index (κ1) is 18.2. The summed E-state index contributed by atoms with van der Waals surface area (Å²) in [4.78, 5) is 40.3. The number of carbonyl (C=O) groups is 3. The first-order valence-corrected chi connectivity index (χ1v) is 10.7. The molecule has 0 radical (unpaired) electrons. The van der Waals surface area contributed by atoms with Crippen molar-refractivity contribution in [3.05, 3.63) is 0 Å². The molecule has 4 amide bonds. The number of hydrogen-bond donors (Lipinski definition) is 1. The Kier molecular flexibility index (Phi) is 4.55. The van der Waals surface area contributed by atoms with Crippen LogP contribution >= 0.6 is 0 Å². The summed E-state index contributed by atoms with van der Waals surface area (Å²) in [7, 11) is -3.11. The molecule has 3 fully saturated rings. The van der Waals surface area contributed by atoms with E-state index in [9.17, 15) is 22.8 Å². The fourth-order valence-electron chi connectivity index (χ4n) is 3.82. The van der Waals surface area contributed by atoms with Crippen LogP contribution in [0.2, 0.25) is 0 Å². The van der Waals surface area contributed by atoms with Crippen molar-refractivity contribution < 1.29 is 22.8 Å². The summed E-state index contributed by atoms with van der Waals surface area (Å²) in [6, 6.07) is -0.849. The van der Waals surface area contributed by atoms with Crippen LogP contribution in [0.3, 0.4) is 0 Å². The zero-order valence-electron chi connectivity index (χ0n) is 14.7. The first-order chi connectivity index (χ1) is 11.7. The van der Waals surface area contributed by atoms with E-state index in [2.05, 4.69) is 5.32 Å². The number of hydrogen-bond acceptors (Lipinski definition) is 5. The van der Waals surface area contributed by atoms with Gasteiger partial charge in [0.15, 0.2) is 9.84 Å². The summed E-state index contributed by atoms with van der Waals surface area (Å²) in [5.74, 6) is -0.642. The van der Waals surface area contributed by atoms with E-state index in [-0.39, 0.29) is 41.9 Å². The molecule has 2 saturated heterocycles. The molecule has 1 N–H and O–H groups in total. The molecule has 0 unspecified atom stereocenters. The van der Waals surface area contributed by atoms with Crippen LogP contribution in [0, 0.1) is 0 Å². The lowest BCUT2D eigenvalue weighted by molar-refractivity contribution is -0.140. The fourth-order valence-corrected chi connectivity index (χ4v) is 5.53. The van der Waals surface area contributed by atoms with Gasteiger partial charge in [0.2, 0.25) is 5.91 Å². The lowest BCUT2D eigenvalue weighted by Crippen LogP contribution is -2.50. The van der Waals surface area contributed by atoms with Crippen molar-refractivity contribution >= 4 is 27.7 Å². The summed E-state index contributed by atoms with van der Waals surface area (Å²) in [5, 5.41) is 2.71. The van der Waals surface area contributed by atoms with Crippen molar-refractivity contribution in [1.29, 1.82) is 0 Å². The predicted octanol–water partition coefficient (Wildman–Crippen LogP) is 0.275. The van der Waals surface area contributed by atoms with E-state index >= 15 is 0 Å². The van der Waals surface area contributed by atoms with Crippen molar-refractivity contribution in [2.45, 2.75) is 63.6 Å². The summed E-state index contributed by atoms with van der Waals surface area (Å²) >= 11 is 0. The van der Waals surface area contributed by atoms with Crippen LogP contribution in [0.4, 0.5) is 4.79 Å². The van der Waals surface area contributed by atoms with Crippen molar-refractivity contribution in [3.8, 4) is 0 Å². The molecule has 0 bridgehead atoms. The van der Waals surface area contributed by atoms with Crippen LogP contribution in [-0.2, 0) is 19.4 Å². The number of urea groups is 1. The molecule has 1 aliphatic carbocycles. The van der Waals surface area contributed by atoms with Gasteiger partial charge < -0.3 is 10.2 Å². The average Bonchev–Trinajstić information content (AvgIpc) is 3.28. The zero-order chi connectivity index (χ0) is 18.4. The molecule has 9 heteroatoms. The third-order valence-corrected chi connectivity index (χ3v) is 7.33. The molecular formula is C16H25N3O5S. The van der Waals surface area contributed by atoms with Crippen LogP contribution in [0.1, 0.15) is 46.0 Å². The van der Waals surface area contributed by atoms with Crippen molar-refractivity contribution in [3.63, 3.8) is 0 Å². The Morgan fingerprint density at radius 2 is 1.84 bits per heavy atom. The highest BCUT2D eigenvalue weighted by Gasteiger charge is 2.50. The largest absolute Gasteiger partial charge is 0.334 e. The number of sulfone groups is 1. The number of carbonyl (C=O) groups excluding carboxylic acids is 3. The van der Waals surface area contributed by atoms with Gasteiger partial charge in [-0.15, -0.1) is 0 Å². The first-order valence-electron chi connectivity index (χ1n) is 8.88. The number of rotatable bonds is 6. The number of nitrogens with one attached hydrogen (secondary N) is 1. The Morgan fingerprint density at radius 3 is 2.28 bits per heavy atom. The van der Waals surface area contributed by atoms with E-state index < -0.39 is 21.4 Å². The summed E-state index contributed by atoms with van der Waals surface area (Å²) in [5.41, 5.74) is -0.932. The van der Waals surface area contributed by atoms with Crippen molar-refractivity contribution in [2.24, 2.45) is 0 Å². The third kappa shape index (κ3) is 3.26. The van der Waals surface area contributed by atoms with Gasteiger partial charge in [-0.05, 0) is 32.1 Å². The Labute approximate surface area is 147 Å². The second kappa shape index (κ2) is 6.26. The van der Waals surface area contributed by atoms with Gasteiger partial charge in [0.05, 0.1) is 11.5 Å². The van der Waals surface area contributed by atoms with E-state index in [1.165, 1.54) is 0 Å². The topological polar surface area (TPSA) is 104 Å². The van der Waals surface area contributed by atoms with Crippen LogP contribution in [0.25, 0.3) is 0 Å². The predicted molar refractivity (Wildman–Crippen MR) is 90.5 cm³/mol. The van der Waals surface area contributed by atoms with Gasteiger partial charge in [0.25, 0.3) is 5.91 Å². The van der Waals surface area contributed by atoms with Crippen LogP contribution < -0.4 is 5.32 Å². The third-order valence-electron chi connectivity index (χ3n) is 5.58. The number of amides is 4. The van der Waals surface area contributed by atoms with E-state index in [4.69, 9.17) is 0 Å². The summed E-state index contributed by atoms with van der Waals surface area (Å²) in [6.45, 7) is 3.33. The van der Waals surface area contributed by atoms with E-state index in [1.807, 2.05) is 13.8 Å². The minimum absolute atomic E-state index is 0.0246. The molecular weight excluding hydrogens is 346 g/mol. The van der Waals surface area contributed by atoms with Gasteiger partial charge in [0, 0.05) is 12.1 Å². The molecule has 2 heterocycles. The maximum Gasteiger partial charge on any atom is 0.325 e. The van der Waals surface area contributed by atoms with Crippen LogP contribution in [0.15, 0.2) is 0 Å². The Morgan fingerprint density at radius 1 is 1.20 bits per heavy atom. The zero-order valence-corrected chi connectivity index (χ0v) is 15.5. The van der Waals surface area contributed by atoms with E-state index in [0.29, 0.717) is 19.3 Å². The van der Waals surface area contributed by atoms with Gasteiger partial charge in [-0.25, -0.2) is 13.2 Å². The molecule has 0 aromatic heterocycles. The van der Waals surface area contributed by atoms with Crippen LogP contribution in [0.5, 0.6) is 0 Å². The Bertz CT molecular complexity index is 697. The second-order valence-electron chi connectivity index (χ2n) is 7.20. The highest BCUT2D eigenvalue weighted by Crippen LogP contribution is 2.33. The summed E-state index contributed by atoms with van der Waals surface area (Å²) < 4.78 is 23.5. The lowest BCUT2D eigenvalue weighted by atomic mass is 9.93. The number of imide groups is 1. The maximum absolute atomic E-state index is 12.8. The van der Waals surface area contributed by atoms with Gasteiger partial charge in [-0.3, -0.25) is 14.5 Å². The lowest BCUT2D eigenvalue weighted by Gasteiger charge is -2.30. The molecule has 0 aromatic rings. The van der Waals surface area contributed by atoms with Gasteiger partial charge in [-0.2, -0.15) is 0 Å². The average molecular weight is 371 g/mol. The normalized spacial score (nSPS) is 27.4. The van der Waals surface area contributed by atoms with E-state index in [0.717, 1.165) is 17.7 Å². The van der Waals surface area contributed by atoms with Crippen molar-refractivity contribution in [1.82, 2.24) is 15.1 Å². The number of nitrogens with zero attached hydrogens (tertiary/aromatic N) is 2. The Hall–Kier alpha value is -1.64. The fraction of sp³-hybridized carbons (Fsp3) is 0.812. The van der Waals surface area contributed by atoms with E-state index in [1.54, 1.807) is 4.90 Å². The molecule has 0 spiro atoms. The standard InChI is InChI=1S/C16H25N3O5S/c1-3-16(4-2)14(21)18(15(22)17-16)9-13(20)19(11-5-6-11)12-7-8-25(23,24)10-12/h11-12H,3-10H2,1-2H3,(H,17,22)/t12-/m0/s1. The smallest absolute Gasteiger partial charge is 0.325 e. The molecule has 8 nitrogen and oxygen atoms in total. The second-order valence-corrected chi connectivity index (χ2v) is 9.43. The Balaban J connectivity index is 1.74. The molecule has 3 aliphatic rings. The molecule has 0 aromatic carbocycles. The molecule has 2 aliphatic heterocycles. The summed E-state index contributed by atoms with van der Waals surface area (Å²) in [6.07, 6.45) is 3.04.